The molecule has 1 saturated heterocycles. The van der Waals surface area contributed by atoms with Gasteiger partial charge in [-0.05, 0) is 29.8 Å². The van der Waals surface area contributed by atoms with Gasteiger partial charge in [0.2, 0.25) is 10.0 Å². The van der Waals surface area contributed by atoms with Crippen LogP contribution >= 0.6 is 0 Å². The van der Waals surface area contributed by atoms with Crippen molar-refractivity contribution in [1.82, 2.24) is 14.6 Å². The van der Waals surface area contributed by atoms with E-state index in [2.05, 4.69) is 10.3 Å². The van der Waals surface area contributed by atoms with Gasteiger partial charge in [0.25, 0.3) is 0 Å². The largest absolute Gasteiger partial charge is 0.496 e. The minimum Gasteiger partial charge on any atom is -0.496 e. The Morgan fingerprint density at radius 3 is 2.78 bits per heavy atom. The van der Waals surface area contributed by atoms with Crippen LogP contribution in [0.25, 0.3) is 0 Å². The number of ether oxygens (including phenoxy) is 2. The number of benzene rings is 1. The van der Waals surface area contributed by atoms with Gasteiger partial charge < -0.3 is 14.8 Å². The smallest absolute Gasteiger partial charge is 0.341 e. The van der Waals surface area contributed by atoms with Gasteiger partial charge in [0, 0.05) is 32.0 Å². The van der Waals surface area contributed by atoms with E-state index in [0.29, 0.717) is 19.6 Å². The lowest BCUT2D eigenvalue weighted by atomic mass is 10.1. The quantitative estimate of drug-likeness (QED) is 0.765. The van der Waals surface area contributed by atoms with Crippen LogP contribution < -0.4 is 10.1 Å². The van der Waals surface area contributed by atoms with Gasteiger partial charge in [0.15, 0.2) is 0 Å². The molecule has 0 amide bonds. The molecule has 9 heteroatoms. The fourth-order valence-corrected chi connectivity index (χ4v) is 4.72. The van der Waals surface area contributed by atoms with Crippen LogP contribution in [0.15, 0.2) is 47.6 Å². The topological polar surface area (TPSA) is 97.8 Å². The van der Waals surface area contributed by atoms with Crippen LogP contribution in [-0.4, -0.2) is 57.5 Å². The van der Waals surface area contributed by atoms with Crippen LogP contribution in [0.1, 0.15) is 22.0 Å². The Morgan fingerprint density at radius 2 is 2.11 bits per heavy atom. The average Bonchev–Trinajstić information content (AvgIpc) is 2.73. The molecular formula is C18H21N3O5S. The number of hydrogen-bond acceptors (Lipinski definition) is 7. The standard InChI is InChI=1S/C18H21N3O5S/c1-25-17-6-5-14(10-15(17)18(22)26-2)27(23,24)21-9-8-20-12-16(21)13-4-3-7-19-11-13/h3-7,10-11,16,20H,8-9,12H2,1-2H3. The molecular weight excluding hydrogens is 370 g/mol. The van der Waals surface area contributed by atoms with Crippen molar-refractivity contribution in [3.63, 3.8) is 0 Å². The summed E-state index contributed by atoms with van der Waals surface area (Å²) in [6, 6.07) is 7.42. The highest BCUT2D eigenvalue weighted by molar-refractivity contribution is 7.89. The van der Waals surface area contributed by atoms with Crippen molar-refractivity contribution < 1.29 is 22.7 Å². The lowest BCUT2D eigenvalue weighted by molar-refractivity contribution is 0.0596. The molecule has 8 nitrogen and oxygen atoms in total. The normalized spacial score (nSPS) is 18.1. The molecule has 1 aromatic heterocycles. The maximum absolute atomic E-state index is 13.3. The molecule has 1 fully saturated rings. The molecule has 2 heterocycles. The predicted molar refractivity (Wildman–Crippen MR) is 98.1 cm³/mol. The van der Waals surface area contributed by atoms with E-state index in [0.717, 1.165) is 5.56 Å². The van der Waals surface area contributed by atoms with Crippen LogP contribution in [0.4, 0.5) is 0 Å². The first-order chi connectivity index (χ1) is 13.0. The average molecular weight is 391 g/mol. The number of nitrogens with one attached hydrogen (secondary N) is 1. The third-order valence-corrected chi connectivity index (χ3v) is 6.35. The predicted octanol–water partition coefficient (Wildman–Crippen LogP) is 1.21. The number of carbonyl (C=O) groups is 1. The molecule has 0 spiro atoms. The number of sulfonamides is 1. The Labute approximate surface area is 158 Å². The van der Waals surface area contributed by atoms with Crippen LogP contribution in [-0.2, 0) is 14.8 Å². The number of rotatable bonds is 5. The minimum atomic E-state index is -3.85. The van der Waals surface area contributed by atoms with E-state index in [9.17, 15) is 13.2 Å². The first-order valence-corrected chi connectivity index (χ1v) is 9.82. The van der Waals surface area contributed by atoms with Crippen molar-refractivity contribution in [1.29, 1.82) is 0 Å². The summed E-state index contributed by atoms with van der Waals surface area (Å²) in [4.78, 5) is 16.1. The Balaban J connectivity index is 2.03. The zero-order valence-corrected chi connectivity index (χ0v) is 15.9. The second-order valence-corrected chi connectivity index (χ2v) is 7.87. The van der Waals surface area contributed by atoms with Crippen LogP contribution in [0.3, 0.4) is 0 Å². The van der Waals surface area contributed by atoms with Gasteiger partial charge in [-0.2, -0.15) is 4.31 Å². The summed E-state index contributed by atoms with van der Waals surface area (Å²) in [6.45, 7) is 1.32. The summed E-state index contributed by atoms with van der Waals surface area (Å²) < 4.78 is 38.0. The van der Waals surface area contributed by atoms with Crippen LogP contribution in [0.2, 0.25) is 0 Å². The zero-order chi connectivity index (χ0) is 19.4. The molecule has 1 aromatic carbocycles. The van der Waals surface area contributed by atoms with Crippen molar-refractivity contribution in [2.45, 2.75) is 10.9 Å². The number of esters is 1. The van der Waals surface area contributed by atoms with Crippen molar-refractivity contribution in [3.05, 3.63) is 53.9 Å². The van der Waals surface area contributed by atoms with Gasteiger partial charge in [-0.1, -0.05) is 6.07 Å². The molecule has 1 unspecified atom stereocenters. The number of nitrogens with zero attached hydrogens (tertiary/aromatic N) is 2. The maximum Gasteiger partial charge on any atom is 0.341 e. The molecule has 2 aromatic rings. The molecule has 1 N–H and O–H groups in total. The van der Waals surface area contributed by atoms with E-state index in [-0.39, 0.29) is 22.3 Å². The summed E-state index contributed by atoms with van der Waals surface area (Å²) in [5, 5.41) is 3.22. The summed E-state index contributed by atoms with van der Waals surface area (Å²) in [5.41, 5.74) is 0.865. The molecule has 3 rings (SSSR count). The molecule has 0 aliphatic carbocycles. The summed E-state index contributed by atoms with van der Waals surface area (Å²) in [6.07, 6.45) is 3.30. The summed E-state index contributed by atoms with van der Waals surface area (Å²) in [7, 11) is -1.21. The van der Waals surface area contributed by atoms with Gasteiger partial charge in [-0.3, -0.25) is 4.98 Å². The van der Waals surface area contributed by atoms with Gasteiger partial charge in [-0.25, -0.2) is 13.2 Å². The zero-order valence-electron chi connectivity index (χ0n) is 15.1. The second-order valence-electron chi connectivity index (χ2n) is 5.98. The fourth-order valence-electron chi connectivity index (χ4n) is 3.08. The summed E-state index contributed by atoms with van der Waals surface area (Å²) in [5.74, 6) is -0.405. The second kappa shape index (κ2) is 8.03. The van der Waals surface area contributed by atoms with Gasteiger partial charge in [0.1, 0.15) is 11.3 Å². The van der Waals surface area contributed by atoms with E-state index in [1.807, 2.05) is 6.07 Å². The Bertz CT molecular complexity index is 918. The van der Waals surface area contributed by atoms with E-state index < -0.39 is 16.0 Å². The number of hydrogen-bond donors (Lipinski definition) is 1. The number of methoxy groups -OCH3 is 2. The molecule has 1 aliphatic heterocycles. The van der Waals surface area contributed by atoms with Crippen LogP contribution in [0.5, 0.6) is 5.75 Å². The van der Waals surface area contributed by atoms with E-state index in [1.165, 1.54) is 36.7 Å². The third kappa shape index (κ3) is 3.80. The monoisotopic (exact) mass is 391 g/mol. The number of carbonyl (C=O) groups excluding carboxylic acids is 1. The highest BCUT2D eigenvalue weighted by atomic mass is 32.2. The lowest BCUT2D eigenvalue weighted by Gasteiger charge is -2.35. The molecule has 27 heavy (non-hydrogen) atoms. The first kappa shape index (κ1) is 19.3. The van der Waals surface area contributed by atoms with Crippen molar-refractivity contribution in [2.75, 3.05) is 33.9 Å². The highest BCUT2D eigenvalue weighted by Crippen LogP contribution is 2.31. The summed E-state index contributed by atoms with van der Waals surface area (Å²) >= 11 is 0. The van der Waals surface area contributed by atoms with Crippen molar-refractivity contribution in [3.8, 4) is 5.75 Å². The Kier molecular flexibility index (Phi) is 5.73. The molecule has 0 radical (unpaired) electrons. The molecule has 1 aliphatic rings. The van der Waals surface area contributed by atoms with E-state index in [4.69, 9.17) is 9.47 Å². The van der Waals surface area contributed by atoms with Crippen LogP contribution in [0, 0.1) is 0 Å². The molecule has 144 valence electrons. The molecule has 0 saturated carbocycles. The third-order valence-electron chi connectivity index (χ3n) is 4.45. The lowest BCUT2D eigenvalue weighted by Crippen LogP contribution is -2.48. The van der Waals surface area contributed by atoms with Gasteiger partial charge >= 0.3 is 5.97 Å². The Hall–Kier alpha value is -2.49. The number of aromatic nitrogens is 1. The van der Waals surface area contributed by atoms with Crippen molar-refractivity contribution in [2.24, 2.45) is 0 Å². The fraction of sp³-hybridized carbons (Fsp3) is 0.333. The van der Waals surface area contributed by atoms with E-state index >= 15 is 0 Å². The van der Waals surface area contributed by atoms with E-state index in [1.54, 1.807) is 18.5 Å². The number of piperazine rings is 1. The first-order valence-electron chi connectivity index (χ1n) is 8.38. The molecule has 1 atom stereocenters. The maximum atomic E-state index is 13.3. The molecule has 0 bridgehead atoms. The highest BCUT2D eigenvalue weighted by Gasteiger charge is 2.35. The van der Waals surface area contributed by atoms with Crippen molar-refractivity contribution >= 4 is 16.0 Å². The minimum absolute atomic E-state index is 0.0134. The van der Waals surface area contributed by atoms with Gasteiger partial charge in [0.05, 0.1) is 25.2 Å². The van der Waals surface area contributed by atoms with Gasteiger partial charge in [-0.15, -0.1) is 0 Å². The Morgan fingerprint density at radius 1 is 1.30 bits per heavy atom. The SMILES string of the molecule is COC(=O)c1cc(S(=O)(=O)N2CCNCC2c2cccnc2)ccc1OC. The number of pyridine rings is 1.